The molecule has 1 heterocycles. The number of para-hydroxylation sites is 1. The number of carboxylic acid groups (broad SMARTS) is 1. The van der Waals surface area contributed by atoms with E-state index in [1.54, 1.807) is 47.4 Å². The van der Waals surface area contributed by atoms with E-state index >= 15 is 0 Å². The van der Waals surface area contributed by atoms with Crippen LogP contribution in [0.1, 0.15) is 39.1 Å². The third-order valence-corrected chi connectivity index (χ3v) is 4.42. The first-order valence-electron chi connectivity index (χ1n) is 8.55. The van der Waals surface area contributed by atoms with Gasteiger partial charge in [0, 0.05) is 13.1 Å². The number of anilines is 1. The van der Waals surface area contributed by atoms with Crippen LogP contribution in [-0.2, 0) is 11.2 Å². The molecule has 0 aliphatic carbocycles. The molecule has 3 rings (SSSR count). The van der Waals surface area contributed by atoms with Gasteiger partial charge in [-0.25, -0.2) is 4.79 Å². The van der Waals surface area contributed by atoms with Gasteiger partial charge in [0.2, 0.25) is 5.91 Å². The van der Waals surface area contributed by atoms with Crippen molar-refractivity contribution in [1.29, 1.82) is 0 Å². The lowest BCUT2D eigenvalue weighted by molar-refractivity contribution is -0.115. The maximum Gasteiger partial charge on any atom is 0.335 e. The van der Waals surface area contributed by atoms with Crippen molar-refractivity contribution < 1.29 is 19.5 Å². The van der Waals surface area contributed by atoms with Crippen molar-refractivity contribution in [3.05, 3.63) is 65.2 Å². The number of hydrogen-bond donors (Lipinski definition) is 2. The molecule has 0 unspecified atom stereocenters. The molecule has 0 saturated carbocycles. The molecule has 0 aromatic heterocycles. The summed E-state index contributed by atoms with van der Waals surface area (Å²) >= 11 is 0. The molecule has 0 radical (unpaired) electrons. The molecular formula is C20H20N2O4. The molecule has 1 aliphatic heterocycles. The van der Waals surface area contributed by atoms with Crippen LogP contribution in [0.3, 0.4) is 0 Å². The van der Waals surface area contributed by atoms with Gasteiger partial charge in [0.25, 0.3) is 5.91 Å². The van der Waals surface area contributed by atoms with E-state index in [1.807, 2.05) is 0 Å². The highest BCUT2D eigenvalue weighted by Crippen LogP contribution is 2.20. The fourth-order valence-corrected chi connectivity index (χ4v) is 3.12. The maximum absolute atomic E-state index is 12.6. The monoisotopic (exact) mass is 352 g/mol. The largest absolute Gasteiger partial charge is 0.478 e. The smallest absolute Gasteiger partial charge is 0.335 e. The number of aromatic carboxylic acids is 1. The summed E-state index contributed by atoms with van der Waals surface area (Å²) in [7, 11) is 0. The fraction of sp³-hybridized carbons (Fsp3) is 0.250. The molecule has 2 amide bonds. The molecule has 2 N–H and O–H groups in total. The van der Waals surface area contributed by atoms with Crippen molar-refractivity contribution in [2.24, 2.45) is 0 Å². The van der Waals surface area contributed by atoms with E-state index in [0.29, 0.717) is 16.8 Å². The number of nitrogens with zero attached hydrogens (tertiary/aromatic N) is 1. The Labute approximate surface area is 151 Å². The summed E-state index contributed by atoms with van der Waals surface area (Å²) in [5.41, 5.74) is 1.43. The van der Waals surface area contributed by atoms with Gasteiger partial charge in [-0.1, -0.05) is 30.3 Å². The Kier molecular flexibility index (Phi) is 5.31. The van der Waals surface area contributed by atoms with E-state index in [1.165, 1.54) is 6.07 Å². The third-order valence-electron chi connectivity index (χ3n) is 4.42. The molecule has 134 valence electrons. The average Bonchev–Trinajstić information content (AvgIpc) is 3.16. The van der Waals surface area contributed by atoms with Crippen LogP contribution in [-0.4, -0.2) is 40.9 Å². The summed E-state index contributed by atoms with van der Waals surface area (Å²) in [5.74, 6) is -1.53. The van der Waals surface area contributed by atoms with Gasteiger partial charge in [0.1, 0.15) is 0 Å². The maximum atomic E-state index is 12.6. The Morgan fingerprint density at radius 2 is 1.54 bits per heavy atom. The zero-order chi connectivity index (χ0) is 18.5. The van der Waals surface area contributed by atoms with Gasteiger partial charge < -0.3 is 15.3 Å². The standard InChI is InChI=1S/C20H20N2O4/c23-18(13-14-7-1-2-8-15(14)20(25)26)21-17-10-4-3-9-16(17)19(24)22-11-5-6-12-22/h1-4,7-10H,5-6,11-13H2,(H,21,23)(H,25,26). The molecule has 2 aromatic carbocycles. The highest BCUT2D eigenvalue weighted by Gasteiger charge is 2.22. The minimum atomic E-state index is -1.07. The summed E-state index contributed by atoms with van der Waals surface area (Å²) in [6.07, 6.45) is 1.91. The molecule has 26 heavy (non-hydrogen) atoms. The number of rotatable bonds is 5. The zero-order valence-electron chi connectivity index (χ0n) is 14.3. The van der Waals surface area contributed by atoms with Gasteiger partial charge in [-0.3, -0.25) is 9.59 Å². The number of benzene rings is 2. The summed E-state index contributed by atoms with van der Waals surface area (Å²) in [4.78, 5) is 38.1. The van der Waals surface area contributed by atoms with Crippen LogP contribution in [0.5, 0.6) is 0 Å². The second kappa shape index (κ2) is 7.82. The molecule has 6 heteroatoms. The molecule has 6 nitrogen and oxygen atoms in total. The summed E-state index contributed by atoms with van der Waals surface area (Å²) in [6, 6.07) is 13.3. The molecule has 1 saturated heterocycles. The van der Waals surface area contributed by atoms with Gasteiger partial charge in [-0.05, 0) is 36.6 Å². The number of carbonyl (C=O) groups excluding carboxylic acids is 2. The van der Waals surface area contributed by atoms with Crippen molar-refractivity contribution in [2.75, 3.05) is 18.4 Å². The van der Waals surface area contributed by atoms with Crippen LogP contribution in [0.15, 0.2) is 48.5 Å². The SMILES string of the molecule is O=C(Cc1ccccc1C(=O)O)Nc1ccccc1C(=O)N1CCCC1. The Morgan fingerprint density at radius 1 is 0.923 bits per heavy atom. The number of carbonyl (C=O) groups is 3. The minimum Gasteiger partial charge on any atom is -0.478 e. The van der Waals surface area contributed by atoms with Gasteiger partial charge >= 0.3 is 5.97 Å². The number of nitrogens with one attached hydrogen (secondary N) is 1. The van der Waals surface area contributed by atoms with Gasteiger partial charge in [0.05, 0.1) is 23.2 Å². The molecular weight excluding hydrogens is 332 g/mol. The quantitative estimate of drug-likeness (QED) is 0.866. The van der Waals surface area contributed by atoms with Crippen LogP contribution >= 0.6 is 0 Å². The number of hydrogen-bond acceptors (Lipinski definition) is 3. The molecule has 0 atom stereocenters. The second-order valence-corrected chi connectivity index (χ2v) is 6.23. The summed E-state index contributed by atoms with van der Waals surface area (Å²) < 4.78 is 0. The fourth-order valence-electron chi connectivity index (χ4n) is 3.12. The van der Waals surface area contributed by atoms with E-state index in [9.17, 15) is 19.5 Å². The molecule has 0 spiro atoms. The normalized spacial score (nSPS) is 13.5. The van der Waals surface area contributed by atoms with E-state index in [-0.39, 0.29) is 23.8 Å². The van der Waals surface area contributed by atoms with Crippen LogP contribution in [0, 0.1) is 0 Å². The molecule has 1 fully saturated rings. The Hall–Kier alpha value is -3.15. The lowest BCUT2D eigenvalue weighted by atomic mass is 10.0. The Morgan fingerprint density at radius 3 is 2.23 bits per heavy atom. The summed E-state index contributed by atoms with van der Waals surface area (Å²) in [6.45, 7) is 1.46. The van der Waals surface area contributed by atoms with Crippen molar-refractivity contribution in [3.8, 4) is 0 Å². The molecule has 0 bridgehead atoms. The lowest BCUT2D eigenvalue weighted by Crippen LogP contribution is -2.29. The zero-order valence-corrected chi connectivity index (χ0v) is 14.3. The van der Waals surface area contributed by atoms with Crippen LogP contribution in [0.25, 0.3) is 0 Å². The highest BCUT2D eigenvalue weighted by molar-refractivity contribution is 6.04. The first-order valence-corrected chi connectivity index (χ1v) is 8.55. The number of likely N-dealkylation sites (tertiary alicyclic amines) is 1. The predicted molar refractivity (Wildman–Crippen MR) is 97.3 cm³/mol. The van der Waals surface area contributed by atoms with Crippen molar-refractivity contribution in [2.45, 2.75) is 19.3 Å². The summed E-state index contributed by atoms with van der Waals surface area (Å²) in [5, 5.41) is 12.0. The Bertz CT molecular complexity index is 841. The van der Waals surface area contributed by atoms with Crippen LogP contribution < -0.4 is 5.32 Å². The highest BCUT2D eigenvalue weighted by atomic mass is 16.4. The number of amides is 2. The first-order chi connectivity index (χ1) is 12.6. The van der Waals surface area contributed by atoms with E-state index in [4.69, 9.17) is 0 Å². The van der Waals surface area contributed by atoms with Gasteiger partial charge in [0.15, 0.2) is 0 Å². The van der Waals surface area contributed by atoms with Crippen LogP contribution in [0.2, 0.25) is 0 Å². The molecule has 1 aliphatic rings. The van der Waals surface area contributed by atoms with Crippen molar-refractivity contribution in [3.63, 3.8) is 0 Å². The lowest BCUT2D eigenvalue weighted by Gasteiger charge is -2.18. The van der Waals surface area contributed by atoms with Crippen LogP contribution in [0.4, 0.5) is 5.69 Å². The van der Waals surface area contributed by atoms with E-state index in [2.05, 4.69) is 5.32 Å². The van der Waals surface area contributed by atoms with Gasteiger partial charge in [-0.15, -0.1) is 0 Å². The van der Waals surface area contributed by atoms with Crippen molar-refractivity contribution >= 4 is 23.5 Å². The van der Waals surface area contributed by atoms with Crippen molar-refractivity contribution in [1.82, 2.24) is 4.90 Å². The van der Waals surface area contributed by atoms with E-state index in [0.717, 1.165) is 25.9 Å². The predicted octanol–water partition coefficient (Wildman–Crippen LogP) is 2.80. The Balaban J connectivity index is 1.76. The number of carboxylic acids is 1. The van der Waals surface area contributed by atoms with E-state index < -0.39 is 5.97 Å². The second-order valence-electron chi connectivity index (χ2n) is 6.23. The third kappa shape index (κ3) is 3.91. The first kappa shape index (κ1) is 17.7. The minimum absolute atomic E-state index is 0.0747. The topological polar surface area (TPSA) is 86.7 Å². The molecule has 2 aromatic rings. The average molecular weight is 352 g/mol. The van der Waals surface area contributed by atoms with Gasteiger partial charge in [-0.2, -0.15) is 0 Å².